The minimum absolute atomic E-state index is 0.0410. The van der Waals surface area contributed by atoms with Crippen molar-refractivity contribution in [2.24, 2.45) is 0 Å². The van der Waals surface area contributed by atoms with E-state index in [2.05, 4.69) is 15.2 Å². The number of aryl methyl sites for hydroxylation is 2. The van der Waals surface area contributed by atoms with Gasteiger partial charge >= 0.3 is 5.97 Å². The molecule has 3 heterocycles. The molecule has 3 aromatic rings. The zero-order valence-electron chi connectivity index (χ0n) is 14.2. The number of carboxylic acids is 1. The van der Waals surface area contributed by atoms with E-state index in [4.69, 9.17) is 0 Å². The minimum Gasteiger partial charge on any atom is -0.480 e. The average Bonchev–Trinajstić information content (AvgIpc) is 3.17. The van der Waals surface area contributed by atoms with Crippen LogP contribution in [0, 0.1) is 19.7 Å². The van der Waals surface area contributed by atoms with Gasteiger partial charge in [-0.2, -0.15) is 0 Å². The molecule has 1 amide bonds. The maximum Gasteiger partial charge on any atom is 0.328 e. The number of fused-ring (bicyclic) bond motifs is 2. The van der Waals surface area contributed by atoms with Gasteiger partial charge < -0.3 is 19.6 Å². The van der Waals surface area contributed by atoms with Crippen molar-refractivity contribution in [3.05, 3.63) is 46.9 Å². The van der Waals surface area contributed by atoms with E-state index in [0.717, 1.165) is 5.39 Å². The van der Waals surface area contributed by atoms with E-state index in [1.807, 2.05) is 0 Å². The van der Waals surface area contributed by atoms with Crippen LogP contribution in [0.25, 0.3) is 10.9 Å². The van der Waals surface area contributed by atoms with Gasteiger partial charge in [0.05, 0.1) is 13.1 Å². The van der Waals surface area contributed by atoms with Crippen LogP contribution in [0.4, 0.5) is 4.39 Å². The molecule has 9 heteroatoms. The van der Waals surface area contributed by atoms with Crippen LogP contribution >= 0.6 is 0 Å². The zero-order valence-corrected chi connectivity index (χ0v) is 14.2. The fourth-order valence-corrected chi connectivity index (χ4v) is 3.38. The van der Waals surface area contributed by atoms with Gasteiger partial charge in [-0.05, 0) is 37.6 Å². The molecule has 0 bridgehead atoms. The van der Waals surface area contributed by atoms with Crippen molar-refractivity contribution < 1.29 is 19.1 Å². The first-order valence-corrected chi connectivity index (χ1v) is 8.06. The Morgan fingerprint density at radius 3 is 2.77 bits per heavy atom. The Bertz CT molecular complexity index is 1050. The molecule has 1 aliphatic rings. The fourth-order valence-electron chi connectivity index (χ4n) is 3.38. The van der Waals surface area contributed by atoms with E-state index in [1.165, 1.54) is 17.0 Å². The summed E-state index contributed by atoms with van der Waals surface area (Å²) in [6.07, 6.45) is 0. The summed E-state index contributed by atoms with van der Waals surface area (Å²) in [5.74, 6) is -0.835. The molecule has 8 nitrogen and oxygen atoms in total. The van der Waals surface area contributed by atoms with Gasteiger partial charge in [-0.1, -0.05) is 0 Å². The third-order valence-electron chi connectivity index (χ3n) is 4.74. The Hall–Kier alpha value is -3.23. The molecule has 1 atom stereocenters. The highest BCUT2D eigenvalue weighted by molar-refractivity contribution is 6.00. The molecule has 1 aliphatic heterocycles. The van der Waals surface area contributed by atoms with E-state index in [1.54, 1.807) is 24.5 Å². The number of aromatic amines is 1. The summed E-state index contributed by atoms with van der Waals surface area (Å²) in [6.45, 7) is 3.62. The van der Waals surface area contributed by atoms with E-state index in [9.17, 15) is 19.1 Å². The molecule has 0 spiro atoms. The third-order valence-corrected chi connectivity index (χ3v) is 4.74. The first-order chi connectivity index (χ1) is 12.3. The average molecular weight is 357 g/mol. The van der Waals surface area contributed by atoms with Crippen LogP contribution in [0.15, 0.2) is 18.2 Å². The maximum absolute atomic E-state index is 13.6. The summed E-state index contributed by atoms with van der Waals surface area (Å²) in [4.78, 5) is 28.8. The Balaban J connectivity index is 1.74. The molecule has 26 heavy (non-hydrogen) atoms. The number of carbonyl (C=O) groups is 2. The third kappa shape index (κ3) is 2.43. The lowest BCUT2D eigenvalue weighted by atomic mass is 10.1. The Morgan fingerprint density at radius 2 is 2.04 bits per heavy atom. The number of benzene rings is 1. The van der Waals surface area contributed by atoms with Crippen molar-refractivity contribution in [2.75, 3.05) is 0 Å². The van der Waals surface area contributed by atoms with Gasteiger partial charge in [0.25, 0.3) is 5.91 Å². The molecule has 1 aromatic carbocycles. The number of hydrogen-bond acceptors (Lipinski definition) is 4. The van der Waals surface area contributed by atoms with Gasteiger partial charge in [-0.25, -0.2) is 9.18 Å². The van der Waals surface area contributed by atoms with Gasteiger partial charge in [-0.3, -0.25) is 4.79 Å². The lowest BCUT2D eigenvalue weighted by Crippen LogP contribution is -2.50. The zero-order chi connectivity index (χ0) is 18.6. The van der Waals surface area contributed by atoms with E-state index < -0.39 is 23.7 Å². The number of H-pyrrole nitrogens is 1. The van der Waals surface area contributed by atoms with Crippen molar-refractivity contribution in [1.29, 1.82) is 0 Å². The van der Waals surface area contributed by atoms with Crippen molar-refractivity contribution in [2.45, 2.75) is 33.0 Å². The highest BCUT2D eigenvalue weighted by Gasteiger charge is 2.37. The topological polar surface area (TPSA) is 104 Å². The summed E-state index contributed by atoms with van der Waals surface area (Å²) in [7, 11) is 0. The van der Waals surface area contributed by atoms with Crippen LogP contribution in [-0.4, -0.2) is 47.7 Å². The van der Waals surface area contributed by atoms with Crippen molar-refractivity contribution >= 4 is 22.8 Å². The highest BCUT2D eigenvalue weighted by atomic mass is 19.1. The molecule has 0 aliphatic carbocycles. The smallest absolute Gasteiger partial charge is 0.328 e. The summed E-state index contributed by atoms with van der Waals surface area (Å²) in [5, 5.41) is 18.2. The van der Waals surface area contributed by atoms with Crippen molar-refractivity contribution in [3.8, 4) is 0 Å². The number of hydrogen-bond donors (Lipinski definition) is 2. The molecular formula is C17H16FN5O3. The van der Waals surface area contributed by atoms with Gasteiger partial charge in [-0.15, -0.1) is 10.2 Å². The molecule has 0 fully saturated rings. The second kappa shape index (κ2) is 5.65. The van der Waals surface area contributed by atoms with Gasteiger partial charge in [0.2, 0.25) is 0 Å². The fraction of sp³-hybridized carbons (Fsp3) is 0.294. The van der Waals surface area contributed by atoms with Crippen molar-refractivity contribution in [3.63, 3.8) is 0 Å². The second-order valence-electron chi connectivity index (χ2n) is 6.43. The normalized spacial score (nSPS) is 16.7. The molecule has 134 valence electrons. The summed E-state index contributed by atoms with van der Waals surface area (Å²) in [5.41, 5.74) is 1.40. The highest BCUT2D eigenvalue weighted by Crippen LogP contribution is 2.25. The molecule has 0 saturated carbocycles. The Morgan fingerprint density at radius 1 is 1.27 bits per heavy atom. The predicted molar refractivity (Wildman–Crippen MR) is 89.1 cm³/mol. The van der Waals surface area contributed by atoms with Crippen molar-refractivity contribution in [1.82, 2.24) is 24.6 Å². The van der Waals surface area contributed by atoms with E-state index in [-0.39, 0.29) is 18.8 Å². The quantitative estimate of drug-likeness (QED) is 0.725. The molecule has 0 saturated heterocycles. The summed E-state index contributed by atoms with van der Waals surface area (Å²) >= 11 is 0. The SMILES string of the molecule is Cc1cc(F)cc2[nH]c(C(=O)N3Cc4nnc(C)n4CC3C(=O)O)cc12. The maximum atomic E-state index is 13.6. The molecule has 1 unspecified atom stereocenters. The number of amides is 1. The number of carboxylic acid groups (broad SMARTS) is 1. The number of aliphatic carboxylic acids is 1. The summed E-state index contributed by atoms with van der Waals surface area (Å²) < 4.78 is 15.3. The monoisotopic (exact) mass is 357 g/mol. The van der Waals surface area contributed by atoms with Gasteiger partial charge in [0.15, 0.2) is 5.82 Å². The van der Waals surface area contributed by atoms with Crippen LogP contribution < -0.4 is 0 Å². The van der Waals surface area contributed by atoms with E-state index >= 15 is 0 Å². The molecule has 4 rings (SSSR count). The van der Waals surface area contributed by atoms with E-state index in [0.29, 0.717) is 22.7 Å². The lowest BCUT2D eigenvalue weighted by Gasteiger charge is -2.33. The number of carbonyl (C=O) groups excluding carboxylic acids is 1. The molecule has 0 radical (unpaired) electrons. The number of nitrogens with zero attached hydrogens (tertiary/aromatic N) is 4. The van der Waals surface area contributed by atoms with Gasteiger partial charge in [0, 0.05) is 10.9 Å². The largest absolute Gasteiger partial charge is 0.480 e. The van der Waals surface area contributed by atoms with Crippen LogP contribution in [0.1, 0.15) is 27.7 Å². The molecular weight excluding hydrogens is 341 g/mol. The van der Waals surface area contributed by atoms with Crippen LogP contribution in [0.3, 0.4) is 0 Å². The molecule has 2 aromatic heterocycles. The minimum atomic E-state index is -1.10. The first-order valence-electron chi connectivity index (χ1n) is 8.06. The number of nitrogens with one attached hydrogen (secondary N) is 1. The second-order valence-corrected chi connectivity index (χ2v) is 6.43. The first kappa shape index (κ1) is 16.2. The van der Waals surface area contributed by atoms with Gasteiger partial charge in [0.1, 0.15) is 23.4 Å². The molecule has 2 N–H and O–H groups in total. The number of halogens is 1. The van der Waals surface area contributed by atoms with Crippen LogP contribution in [0.2, 0.25) is 0 Å². The standard InChI is InChI=1S/C17H16FN5O3/c1-8-3-10(18)4-12-11(8)5-13(19-12)16(24)23-7-15-21-20-9(2)22(15)6-14(23)17(25)26/h3-5,14,19H,6-7H2,1-2H3,(H,25,26). The predicted octanol–water partition coefficient (Wildman–Crippen LogP) is 1.62. The Kier molecular flexibility index (Phi) is 3.53. The number of aromatic nitrogens is 4. The summed E-state index contributed by atoms with van der Waals surface area (Å²) in [6, 6.07) is 3.28. The van der Waals surface area contributed by atoms with Crippen LogP contribution in [0.5, 0.6) is 0 Å². The number of rotatable bonds is 2. The Labute approximate surface area is 147 Å². The van der Waals surface area contributed by atoms with Crippen LogP contribution in [-0.2, 0) is 17.9 Å². The lowest BCUT2D eigenvalue weighted by molar-refractivity contribution is -0.143.